The standard InChI is InChI=1S/C26H27N3O2/c1-17-9-10-19(15-18(17)2)23-24(28-12-5-6-13-28)26(31)29(25(23)30)14-11-20-16-27-22-8-4-3-7-21(20)22/h3-4,7-10,15-16,27H,5-6,11-14H2,1-2H3. The highest BCUT2D eigenvalue weighted by Gasteiger charge is 2.41. The van der Waals surface area contributed by atoms with Gasteiger partial charge in [-0.25, -0.2) is 0 Å². The summed E-state index contributed by atoms with van der Waals surface area (Å²) in [6, 6.07) is 14.2. The predicted octanol–water partition coefficient (Wildman–Crippen LogP) is 4.20. The number of aromatic amines is 1. The number of likely N-dealkylation sites (tertiary alicyclic amines) is 1. The second-order valence-electron chi connectivity index (χ2n) is 8.59. The van der Waals surface area contributed by atoms with Crippen LogP contribution in [0.15, 0.2) is 54.4 Å². The molecule has 0 atom stereocenters. The largest absolute Gasteiger partial charge is 0.366 e. The zero-order chi connectivity index (χ0) is 21.5. The van der Waals surface area contributed by atoms with E-state index in [4.69, 9.17) is 0 Å². The number of nitrogens with zero attached hydrogens (tertiary/aromatic N) is 2. The first-order chi connectivity index (χ1) is 15.0. The number of para-hydroxylation sites is 1. The summed E-state index contributed by atoms with van der Waals surface area (Å²) in [7, 11) is 0. The lowest BCUT2D eigenvalue weighted by molar-refractivity contribution is -0.137. The average Bonchev–Trinajstić information content (AvgIpc) is 3.48. The first-order valence-corrected chi connectivity index (χ1v) is 11.0. The van der Waals surface area contributed by atoms with Gasteiger partial charge in [-0.05, 0) is 61.4 Å². The number of H-pyrrole nitrogens is 1. The summed E-state index contributed by atoms with van der Waals surface area (Å²) in [4.78, 5) is 33.8. The molecule has 0 spiro atoms. The Kier molecular flexibility index (Phi) is 4.89. The van der Waals surface area contributed by atoms with Crippen LogP contribution in [0.25, 0.3) is 16.5 Å². The van der Waals surface area contributed by atoms with Crippen LogP contribution in [0.5, 0.6) is 0 Å². The molecule has 1 N–H and O–H groups in total. The van der Waals surface area contributed by atoms with Crippen molar-refractivity contribution in [1.29, 1.82) is 0 Å². The number of amides is 2. The number of hydrogen-bond acceptors (Lipinski definition) is 3. The van der Waals surface area contributed by atoms with E-state index >= 15 is 0 Å². The minimum absolute atomic E-state index is 0.153. The van der Waals surface area contributed by atoms with Crippen molar-refractivity contribution in [3.05, 3.63) is 76.6 Å². The average molecular weight is 414 g/mol. The third-order valence-electron chi connectivity index (χ3n) is 6.64. The number of rotatable bonds is 5. The molecule has 0 unspecified atom stereocenters. The molecule has 1 fully saturated rings. The van der Waals surface area contributed by atoms with Crippen LogP contribution in [0.2, 0.25) is 0 Å². The van der Waals surface area contributed by atoms with Gasteiger partial charge in [-0.15, -0.1) is 0 Å². The van der Waals surface area contributed by atoms with Crippen molar-refractivity contribution >= 4 is 28.3 Å². The molecule has 2 aliphatic heterocycles. The SMILES string of the molecule is Cc1ccc(C2=C(N3CCCC3)C(=O)N(CCc3c[nH]c4ccccc34)C2=O)cc1C. The van der Waals surface area contributed by atoms with Crippen molar-refractivity contribution in [2.45, 2.75) is 33.1 Å². The number of carbonyl (C=O) groups is 2. The van der Waals surface area contributed by atoms with E-state index in [0.29, 0.717) is 24.2 Å². The Hall–Kier alpha value is -3.34. The number of imide groups is 1. The third kappa shape index (κ3) is 3.34. The minimum Gasteiger partial charge on any atom is -0.366 e. The molecule has 2 aromatic carbocycles. The number of carbonyl (C=O) groups excluding carboxylic acids is 2. The summed E-state index contributed by atoms with van der Waals surface area (Å²) in [5.41, 5.74) is 6.50. The second kappa shape index (κ2) is 7.73. The van der Waals surface area contributed by atoms with Crippen molar-refractivity contribution in [3.63, 3.8) is 0 Å². The molecule has 0 radical (unpaired) electrons. The van der Waals surface area contributed by atoms with E-state index in [1.807, 2.05) is 49.5 Å². The van der Waals surface area contributed by atoms with E-state index in [9.17, 15) is 9.59 Å². The van der Waals surface area contributed by atoms with Gasteiger partial charge in [0.05, 0.1) is 5.57 Å². The molecule has 31 heavy (non-hydrogen) atoms. The smallest absolute Gasteiger partial charge is 0.277 e. The van der Waals surface area contributed by atoms with Crippen LogP contribution in [0.1, 0.15) is 35.1 Å². The molecule has 0 aliphatic carbocycles. The topological polar surface area (TPSA) is 56.4 Å². The summed E-state index contributed by atoms with van der Waals surface area (Å²) in [5.74, 6) is -0.324. The maximum Gasteiger partial charge on any atom is 0.277 e. The van der Waals surface area contributed by atoms with Crippen molar-refractivity contribution in [1.82, 2.24) is 14.8 Å². The van der Waals surface area contributed by atoms with Gasteiger partial charge < -0.3 is 9.88 Å². The van der Waals surface area contributed by atoms with Gasteiger partial charge in [0.1, 0.15) is 5.70 Å². The van der Waals surface area contributed by atoms with Gasteiger partial charge in [-0.1, -0.05) is 36.4 Å². The molecule has 1 saturated heterocycles. The first kappa shape index (κ1) is 19.6. The van der Waals surface area contributed by atoms with Crippen LogP contribution < -0.4 is 0 Å². The summed E-state index contributed by atoms with van der Waals surface area (Å²) in [5, 5.41) is 1.14. The fourth-order valence-corrected chi connectivity index (χ4v) is 4.73. The Morgan fingerprint density at radius 1 is 0.935 bits per heavy atom. The maximum absolute atomic E-state index is 13.5. The Balaban J connectivity index is 1.47. The zero-order valence-corrected chi connectivity index (χ0v) is 18.1. The zero-order valence-electron chi connectivity index (χ0n) is 18.1. The highest BCUT2D eigenvalue weighted by atomic mass is 16.2. The number of aromatic nitrogens is 1. The summed E-state index contributed by atoms with van der Waals surface area (Å²) >= 11 is 0. The van der Waals surface area contributed by atoms with Crippen LogP contribution in [0.4, 0.5) is 0 Å². The highest BCUT2D eigenvalue weighted by molar-refractivity contribution is 6.35. The summed E-state index contributed by atoms with van der Waals surface area (Å²) in [6.07, 6.45) is 4.73. The molecule has 2 amide bonds. The Morgan fingerprint density at radius 3 is 2.48 bits per heavy atom. The fourth-order valence-electron chi connectivity index (χ4n) is 4.73. The fraction of sp³-hybridized carbons (Fsp3) is 0.308. The molecule has 0 saturated carbocycles. The van der Waals surface area contributed by atoms with Gasteiger partial charge in [0, 0.05) is 36.7 Å². The molecule has 2 aliphatic rings. The Labute approximate surface area is 182 Å². The van der Waals surface area contributed by atoms with Crippen molar-refractivity contribution in [2.24, 2.45) is 0 Å². The summed E-state index contributed by atoms with van der Waals surface area (Å²) < 4.78 is 0. The predicted molar refractivity (Wildman–Crippen MR) is 122 cm³/mol. The van der Waals surface area contributed by atoms with E-state index in [-0.39, 0.29) is 11.8 Å². The van der Waals surface area contributed by atoms with Crippen LogP contribution in [0, 0.1) is 13.8 Å². The molecule has 0 bridgehead atoms. The minimum atomic E-state index is -0.171. The maximum atomic E-state index is 13.5. The molecule has 3 heterocycles. The molecule has 5 nitrogen and oxygen atoms in total. The van der Waals surface area contributed by atoms with E-state index in [1.54, 1.807) is 0 Å². The lowest BCUT2D eigenvalue weighted by atomic mass is 9.99. The lowest BCUT2D eigenvalue weighted by Crippen LogP contribution is -2.36. The van der Waals surface area contributed by atoms with Gasteiger partial charge in [-0.2, -0.15) is 0 Å². The van der Waals surface area contributed by atoms with Crippen molar-refractivity contribution in [2.75, 3.05) is 19.6 Å². The lowest BCUT2D eigenvalue weighted by Gasteiger charge is -2.20. The number of benzene rings is 2. The Morgan fingerprint density at radius 2 is 1.71 bits per heavy atom. The normalized spacial score (nSPS) is 17.0. The van der Waals surface area contributed by atoms with Crippen LogP contribution in [0.3, 0.4) is 0 Å². The van der Waals surface area contributed by atoms with Crippen LogP contribution in [-0.2, 0) is 16.0 Å². The van der Waals surface area contributed by atoms with E-state index in [2.05, 4.69) is 22.9 Å². The molecule has 158 valence electrons. The molecule has 1 aromatic heterocycles. The van der Waals surface area contributed by atoms with Gasteiger partial charge in [0.2, 0.25) is 0 Å². The Bertz CT molecular complexity index is 1210. The highest BCUT2D eigenvalue weighted by Crippen LogP contribution is 2.34. The summed E-state index contributed by atoms with van der Waals surface area (Å²) in [6.45, 7) is 6.15. The third-order valence-corrected chi connectivity index (χ3v) is 6.64. The van der Waals surface area contributed by atoms with E-state index in [1.165, 1.54) is 10.5 Å². The second-order valence-corrected chi connectivity index (χ2v) is 8.59. The van der Waals surface area contributed by atoms with Gasteiger partial charge >= 0.3 is 0 Å². The quantitative estimate of drug-likeness (QED) is 0.638. The number of fused-ring (bicyclic) bond motifs is 1. The van der Waals surface area contributed by atoms with E-state index < -0.39 is 0 Å². The number of nitrogens with one attached hydrogen (secondary N) is 1. The molecule has 3 aromatic rings. The van der Waals surface area contributed by atoms with Gasteiger partial charge in [0.15, 0.2) is 0 Å². The van der Waals surface area contributed by atoms with Crippen molar-refractivity contribution < 1.29 is 9.59 Å². The van der Waals surface area contributed by atoms with Crippen molar-refractivity contribution in [3.8, 4) is 0 Å². The van der Waals surface area contributed by atoms with Gasteiger partial charge in [-0.3, -0.25) is 14.5 Å². The van der Waals surface area contributed by atoms with Crippen LogP contribution in [-0.4, -0.2) is 46.2 Å². The molecule has 5 heteroatoms. The number of hydrogen-bond donors (Lipinski definition) is 1. The van der Waals surface area contributed by atoms with Crippen LogP contribution >= 0.6 is 0 Å². The monoisotopic (exact) mass is 413 g/mol. The van der Waals surface area contributed by atoms with Gasteiger partial charge in [0.25, 0.3) is 11.8 Å². The first-order valence-electron chi connectivity index (χ1n) is 11.0. The molecular weight excluding hydrogens is 386 g/mol. The molecule has 5 rings (SSSR count). The van der Waals surface area contributed by atoms with E-state index in [0.717, 1.165) is 53.5 Å². The molecular formula is C26H27N3O2. The number of aryl methyl sites for hydroxylation is 2.